The molecule has 1 fully saturated rings. The van der Waals surface area contributed by atoms with Gasteiger partial charge in [0.25, 0.3) is 0 Å². The Kier molecular flexibility index (Phi) is 4.89. The van der Waals surface area contributed by atoms with Gasteiger partial charge in [-0.2, -0.15) is 0 Å². The third-order valence-corrected chi connectivity index (χ3v) is 6.31. The molecule has 0 heterocycles. The van der Waals surface area contributed by atoms with Gasteiger partial charge < -0.3 is 5.11 Å². The summed E-state index contributed by atoms with van der Waals surface area (Å²) in [6.07, 6.45) is 10.8. The normalized spacial score (nSPS) is 35.0. The standard InChI is InChI=1S/C20H32O2/c1-14(13-18(21)22)7-9-16-15(2)8-10-17-19(3,4)11-6-12-20(16,17)5/h8,10,14,16-17H,2,6-7,9,11-13H2,1,3-5H3,(H,21,22)/t14-,16-,17+,20+/m0/s1. The summed E-state index contributed by atoms with van der Waals surface area (Å²) in [6.45, 7) is 13.6. The minimum absolute atomic E-state index is 0.245. The summed E-state index contributed by atoms with van der Waals surface area (Å²) in [7, 11) is 0. The molecule has 2 rings (SSSR count). The predicted molar refractivity (Wildman–Crippen MR) is 91.6 cm³/mol. The van der Waals surface area contributed by atoms with Gasteiger partial charge in [-0.1, -0.05) is 58.4 Å². The van der Waals surface area contributed by atoms with Crippen LogP contribution in [0, 0.1) is 28.6 Å². The van der Waals surface area contributed by atoms with Crippen LogP contribution in [0.25, 0.3) is 0 Å². The molecule has 0 aromatic carbocycles. The first kappa shape index (κ1) is 17.3. The maximum Gasteiger partial charge on any atom is 0.303 e. The summed E-state index contributed by atoms with van der Waals surface area (Å²) >= 11 is 0. The van der Waals surface area contributed by atoms with Crippen LogP contribution in [0.2, 0.25) is 0 Å². The summed E-state index contributed by atoms with van der Waals surface area (Å²) in [4.78, 5) is 10.9. The molecule has 0 aromatic heterocycles. The molecule has 2 aliphatic rings. The Balaban J connectivity index is 2.14. The zero-order valence-electron chi connectivity index (χ0n) is 14.7. The number of hydrogen-bond acceptors (Lipinski definition) is 1. The minimum Gasteiger partial charge on any atom is -0.481 e. The zero-order chi connectivity index (χ0) is 16.5. The monoisotopic (exact) mass is 304 g/mol. The molecule has 2 nitrogen and oxygen atoms in total. The van der Waals surface area contributed by atoms with E-state index in [1.807, 2.05) is 0 Å². The van der Waals surface area contributed by atoms with Crippen LogP contribution in [0.5, 0.6) is 0 Å². The number of aliphatic carboxylic acids is 1. The quantitative estimate of drug-likeness (QED) is 0.733. The fraction of sp³-hybridized carbons (Fsp3) is 0.750. The van der Waals surface area contributed by atoms with Crippen LogP contribution in [0.4, 0.5) is 0 Å². The molecule has 0 unspecified atom stereocenters. The van der Waals surface area contributed by atoms with Crippen molar-refractivity contribution in [2.75, 3.05) is 0 Å². The Hall–Kier alpha value is -1.05. The van der Waals surface area contributed by atoms with Crippen molar-refractivity contribution < 1.29 is 9.90 Å². The molecule has 2 aliphatic carbocycles. The van der Waals surface area contributed by atoms with Gasteiger partial charge >= 0.3 is 5.97 Å². The highest BCUT2D eigenvalue weighted by atomic mass is 16.4. The average Bonchev–Trinajstić information content (AvgIpc) is 2.35. The van der Waals surface area contributed by atoms with Gasteiger partial charge in [0.05, 0.1) is 0 Å². The molecule has 1 N–H and O–H groups in total. The van der Waals surface area contributed by atoms with Crippen LogP contribution >= 0.6 is 0 Å². The van der Waals surface area contributed by atoms with Crippen molar-refractivity contribution in [2.45, 2.75) is 66.2 Å². The molecule has 4 atom stereocenters. The summed E-state index contributed by atoms with van der Waals surface area (Å²) < 4.78 is 0. The molecule has 22 heavy (non-hydrogen) atoms. The second-order valence-corrected chi connectivity index (χ2v) is 8.59. The highest BCUT2D eigenvalue weighted by molar-refractivity contribution is 5.66. The largest absolute Gasteiger partial charge is 0.481 e. The van der Waals surface area contributed by atoms with Crippen molar-refractivity contribution in [3.05, 3.63) is 24.3 Å². The van der Waals surface area contributed by atoms with E-state index in [1.54, 1.807) is 0 Å². The first-order valence-corrected chi connectivity index (χ1v) is 8.75. The Morgan fingerprint density at radius 3 is 2.73 bits per heavy atom. The fourth-order valence-corrected chi connectivity index (χ4v) is 5.13. The van der Waals surface area contributed by atoms with Gasteiger partial charge in [-0.25, -0.2) is 0 Å². The van der Waals surface area contributed by atoms with E-state index in [4.69, 9.17) is 5.11 Å². The van der Waals surface area contributed by atoms with Gasteiger partial charge in [-0.15, -0.1) is 0 Å². The van der Waals surface area contributed by atoms with Crippen LogP contribution < -0.4 is 0 Å². The van der Waals surface area contributed by atoms with Gasteiger partial charge in [0, 0.05) is 6.42 Å². The molecule has 0 aromatic rings. The molecule has 124 valence electrons. The lowest BCUT2D eigenvalue weighted by atomic mass is 9.49. The fourth-order valence-electron chi connectivity index (χ4n) is 5.13. The molecule has 2 heteroatoms. The number of fused-ring (bicyclic) bond motifs is 1. The molecular formula is C20H32O2. The van der Waals surface area contributed by atoms with Gasteiger partial charge in [0.2, 0.25) is 0 Å². The summed E-state index contributed by atoms with van der Waals surface area (Å²) in [5, 5.41) is 8.95. The number of carboxylic acid groups (broad SMARTS) is 1. The molecule has 0 aliphatic heterocycles. The van der Waals surface area contributed by atoms with Crippen LogP contribution in [0.3, 0.4) is 0 Å². The van der Waals surface area contributed by atoms with E-state index < -0.39 is 5.97 Å². The van der Waals surface area contributed by atoms with Gasteiger partial charge in [-0.05, 0) is 54.3 Å². The lowest BCUT2D eigenvalue weighted by molar-refractivity contribution is -0.138. The lowest BCUT2D eigenvalue weighted by Crippen LogP contribution is -2.47. The van der Waals surface area contributed by atoms with Crippen LogP contribution in [-0.2, 0) is 4.79 Å². The Labute approximate surface area is 135 Å². The van der Waals surface area contributed by atoms with Crippen molar-refractivity contribution in [3.8, 4) is 0 Å². The first-order chi connectivity index (χ1) is 10.2. The number of carbonyl (C=O) groups is 1. The van der Waals surface area contributed by atoms with Crippen LogP contribution in [0.15, 0.2) is 24.3 Å². The highest BCUT2D eigenvalue weighted by Crippen LogP contribution is 2.59. The van der Waals surface area contributed by atoms with E-state index in [0.717, 1.165) is 12.8 Å². The second kappa shape index (κ2) is 6.22. The molecule has 0 amide bonds. The van der Waals surface area contributed by atoms with E-state index in [9.17, 15) is 4.79 Å². The predicted octanol–water partition coefficient (Wildman–Crippen LogP) is 5.45. The molecular weight excluding hydrogens is 272 g/mol. The second-order valence-electron chi connectivity index (χ2n) is 8.59. The Morgan fingerprint density at radius 1 is 1.41 bits per heavy atom. The van der Waals surface area contributed by atoms with E-state index in [2.05, 4.69) is 46.4 Å². The summed E-state index contributed by atoms with van der Waals surface area (Å²) in [5.41, 5.74) is 1.89. The number of carboxylic acids is 1. The molecule has 1 saturated carbocycles. The SMILES string of the molecule is C=C1C=C[C@@H]2C(C)(C)CCC[C@]2(C)[C@H]1CC[C@H](C)CC(=O)O. The van der Waals surface area contributed by atoms with E-state index in [-0.39, 0.29) is 17.8 Å². The first-order valence-electron chi connectivity index (χ1n) is 8.75. The zero-order valence-corrected chi connectivity index (χ0v) is 14.7. The van der Waals surface area contributed by atoms with Crippen molar-refractivity contribution in [1.29, 1.82) is 0 Å². The van der Waals surface area contributed by atoms with E-state index >= 15 is 0 Å². The molecule has 0 spiro atoms. The van der Waals surface area contributed by atoms with Crippen LogP contribution in [0.1, 0.15) is 66.2 Å². The Morgan fingerprint density at radius 2 is 2.09 bits per heavy atom. The smallest absolute Gasteiger partial charge is 0.303 e. The molecule has 0 saturated heterocycles. The van der Waals surface area contributed by atoms with Crippen molar-refractivity contribution in [2.24, 2.45) is 28.6 Å². The maximum absolute atomic E-state index is 10.9. The van der Waals surface area contributed by atoms with Crippen LogP contribution in [-0.4, -0.2) is 11.1 Å². The summed E-state index contributed by atoms with van der Waals surface area (Å²) in [5.74, 6) is 0.671. The Bertz CT molecular complexity index is 474. The van der Waals surface area contributed by atoms with Crippen molar-refractivity contribution >= 4 is 5.97 Å². The van der Waals surface area contributed by atoms with Gasteiger partial charge in [0.1, 0.15) is 0 Å². The number of allylic oxidation sites excluding steroid dienone is 3. The average molecular weight is 304 g/mol. The maximum atomic E-state index is 10.9. The molecule has 0 radical (unpaired) electrons. The topological polar surface area (TPSA) is 37.3 Å². The summed E-state index contributed by atoms with van der Waals surface area (Å²) in [6, 6.07) is 0. The number of rotatable bonds is 5. The third-order valence-electron chi connectivity index (χ3n) is 6.31. The van der Waals surface area contributed by atoms with Crippen molar-refractivity contribution in [3.63, 3.8) is 0 Å². The minimum atomic E-state index is -0.683. The highest BCUT2D eigenvalue weighted by Gasteiger charge is 2.50. The van der Waals surface area contributed by atoms with Gasteiger partial charge in [0.15, 0.2) is 0 Å². The third kappa shape index (κ3) is 3.31. The van der Waals surface area contributed by atoms with E-state index in [0.29, 0.717) is 17.3 Å². The lowest BCUT2D eigenvalue weighted by Gasteiger charge is -2.56. The van der Waals surface area contributed by atoms with E-state index in [1.165, 1.54) is 24.8 Å². The molecule has 0 bridgehead atoms. The number of hydrogen-bond donors (Lipinski definition) is 1. The van der Waals surface area contributed by atoms with Gasteiger partial charge in [-0.3, -0.25) is 4.79 Å². The van der Waals surface area contributed by atoms with Crippen molar-refractivity contribution in [1.82, 2.24) is 0 Å².